The lowest BCUT2D eigenvalue weighted by Gasteiger charge is -2.19. The average Bonchev–Trinajstić information content (AvgIpc) is 2.07. The molecule has 1 aromatic rings. The van der Waals surface area contributed by atoms with Crippen LogP contribution in [0.3, 0.4) is 0 Å². The van der Waals surface area contributed by atoms with Crippen molar-refractivity contribution in [2.45, 2.75) is 6.61 Å². The Kier molecular flexibility index (Phi) is 2.03. The van der Waals surface area contributed by atoms with Crippen molar-refractivity contribution in [1.29, 1.82) is 0 Å². The van der Waals surface area contributed by atoms with Gasteiger partial charge in [-0.2, -0.15) is 0 Å². The van der Waals surface area contributed by atoms with Crippen LogP contribution in [0.25, 0.3) is 5.57 Å². The van der Waals surface area contributed by atoms with Gasteiger partial charge in [0.05, 0.1) is 13.2 Å². The van der Waals surface area contributed by atoms with E-state index in [-0.39, 0.29) is 0 Å². The van der Waals surface area contributed by atoms with E-state index in [1.165, 1.54) is 11.1 Å². The van der Waals surface area contributed by atoms with Crippen molar-refractivity contribution in [3.05, 3.63) is 40.4 Å². The molecule has 12 heavy (non-hydrogen) atoms. The Morgan fingerprint density at radius 3 is 2.92 bits per heavy atom. The van der Waals surface area contributed by atoms with Gasteiger partial charge >= 0.3 is 0 Å². The highest BCUT2D eigenvalue weighted by Gasteiger charge is 2.14. The zero-order valence-electron chi connectivity index (χ0n) is 6.64. The molecule has 1 heterocycles. The van der Waals surface area contributed by atoms with Gasteiger partial charge in [-0.25, -0.2) is 0 Å². The Labute approximate surface area is 80.2 Å². The van der Waals surface area contributed by atoms with E-state index in [0.717, 1.165) is 10.0 Å². The molecule has 1 aliphatic heterocycles. The van der Waals surface area contributed by atoms with Gasteiger partial charge in [-0.1, -0.05) is 34.6 Å². The van der Waals surface area contributed by atoms with Gasteiger partial charge < -0.3 is 4.74 Å². The SMILES string of the molecule is C=C1COCc2c(Br)cccc21. The molecule has 2 rings (SSSR count). The molecular weight excluding hydrogens is 216 g/mol. The topological polar surface area (TPSA) is 9.23 Å². The summed E-state index contributed by atoms with van der Waals surface area (Å²) in [6.07, 6.45) is 0. The van der Waals surface area contributed by atoms with Crippen LogP contribution in [0.5, 0.6) is 0 Å². The summed E-state index contributed by atoms with van der Waals surface area (Å²) < 4.78 is 6.47. The van der Waals surface area contributed by atoms with Crippen LogP contribution in [0.4, 0.5) is 0 Å². The number of hydrogen-bond donors (Lipinski definition) is 0. The Morgan fingerprint density at radius 1 is 1.33 bits per heavy atom. The fourth-order valence-corrected chi connectivity index (χ4v) is 1.87. The average molecular weight is 225 g/mol. The van der Waals surface area contributed by atoms with Crippen LogP contribution in [0.15, 0.2) is 29.3 Å². The zero-order chi connectivity index (χ0) is 8.55. The van der Waals surface area contributed by atoms with Gasteiger partial charge in [0.15, 0.2) is 0 Å². The molecule has 0 bridgehead atoms. The molecule has 1 nitrogen and oxygen atoms in total. The Balaban J connectivity index is 2.59. The fourth-order valence-electron chi connectivity index (χ4n) is 1.39. The van der Waals surface area contributed by atoms with Gasteiger partial charge in [0.1, 0.15) is 0 Å². The second-order valence-electron chi connectivity index (χ2n) is 2.86. The van der Waals surface area contributed by atoms with Crippen LogP contribution < -0.4 is 0 Å². The standard InChI is InChI=1S/C10H9BrO/c1-7-5-12-6-9-8(7)3-2-4-10(9)11/h2-4H,1,5-6H2. The van der Waals surface area contributed by atoms with E-state index in [1.807, 2.05) is 12.1 Å². The maximum absolute atomic E-state index is 5.36. The fraction of sp³-hybridized carbons (Fsp3) is 0.200. The maximum Gasteiger partial charge on any atom is 0.0738 e. The van der Waals surface area contributed by atoms with E-state index in [0.29, 0.717) is 13.2 Å². The number of halogens is 1. The summed E-state index contributed by atoms with van der Waals surface area (Å²) in [4.78, 5) is 0. The van der Waals surface area contributed by atoms with Crippen molar-refractivity contribution < 1.29 is 4.74 Å². The van der Waals surface area contributed by atoms with Crippen molar-refractivity contribution >= 4 is 21.5 Å². The van der Waals surface area contributed by atoms with Gasteiger partial charge in [-0.15, -0.1) is 0 Å². The second kappa shape index (κ2) is 3.04. The lowest BCUT2D eigenvalue weighted by atomic mass is 10.0. The normalized spacial score (nSPS) is 15.9. The summed E-state index contributed by atoms with van der Waals surface area (Å²) in [5, 5.41) is 0. The Morgan fingerprint density at radius 2 is 2.17 bits per heavy atom. The number of ether oxygens (including phenoxy) is 1. The number of fused-ring (bicyclic) bond motifs is 1. The van der Waals surface area contributed by atoms with Crippen molar-refractivity contribution in [3.63, 3.8) is 0 Å². The molecule has 0 saturated carbocycles. The van der Waals surface area contributed by atoms with E-state index >= 15 is 0 Å². The quantitative estimate of drug-likeness (QED) is 0.659. The van der Waals surface area contributed by atoms with E-state index in [2.05, 4.69) is 28.6 Å². The van der Waals surface area contributed by atoms with E-state index in [4.69, 9.17) is 4.74 Å². The lowest BCUT2D eigenvalue weighted by Crippen LogP contribution is -2.08. The van der Waals surface area contributed by atoms with Crippen molar-refractivity contribution in [2.75, 3.05) is 6.61 Å². The second-order valence-corrected chi connectivity index (χ2v) is 3.72. The van der Waals surface area contributed by atoms with Crippen LogP contribution in [-0.2, 0) is 11.3 Å². The molecule has 0 radical (unpaired) electrons. The number of benzene rings is 1. The van der Waals surface area contributed by atoms with Gasteiger partial charge in [0.2, 0.25) is 0 Å². The molecule has 0 amide bonds. The molecule has 2 heteroatoms. The zero-order valence-corrected chi connectivity index (χ0v) is 8.23. The van der Waals surface area contributed by atoms with Crippen LogP contribution >= 0.6 is 15.9 Å². The first-order chi connectivity index (χ1) is 5.79. The maximum atomic E-state index is 5.36. The molecule has 0 spiro atoms. The summed E-state index contributed by atoms with van der Waals surface area (Å²) in [6, 6.07) is 6.14. The first kappa shape index (κ1) is 8.02. The highest BCUT2D eigenvalue weighted by molar-refractivity contribution is 9.10. The molecule has 0 aromatic heterocycles. The monoisotopic (exact) mass is 224 g/mol. The molecule has 1 aromatic carbocycles. The summed E-state index contributed by atoms with van der Waals surface area (Å²) in [5.74, 6) is 0. The van der Waals surface area contributed by atoms with E-state index < -0.39 is 0 Å². The van der Waals surface area contributed by atoms with Crippen molar-refractivity contribution in [1.82, 2.24) is 0 Å². The molecule has 0 aliphatic carbocycles. The smallest absolute Gasteiger partial charge is 0.0738 e. The summed E-state index contributed by atoms with van der Waals surface area (Å²) in [6.45, 7) is 5.30. The lowest BCUT2D eigenvalue weighted by molar-refractivity contribution is 0.146. The molecule has 0 atom stereocenters. The largest absolute Gasteiger partial charge is 0.372 e. The summed E-state index contributed by atoms with van der Waals surface area (Å²) in [7, 11) is 0. The van der Waals surface area contributed by atoms with Crippen LogP contribution in [-0.4, -0.2) is 6.61 Å². The predicted molar refractivity (Wildman–Crippen MR) is 52.8 cm³/mol. The Bertz CT molecular complexity index is 331. The molecule has 1 aliphatic rings. The third-order valence-electron chi connectivity index (χ3n) is 2.02. The summed E-state index contributed by atoms with van der Waals surface area (Å²) >= 11 is 3.49. The Hall–Kier alpha value is -0.600. The minimum atomic E-state index is 0.656. The van der Waals surface area contributed by atoms with Gasteiger partial charge in [0.25, 0.3) is 0 Å². The van der Waals surface area contributed by atoms with Crippen LogP contribution in [0.1, 0.15) is 11.1 Å². The third kappa shape index (κ3) is 1.21. The first-order valence-corrected chi connectivity index (χ1v) is 4.61. The number of rotatable bonds is 0. The first-order valence-electron chi connectivity index (χ1n) is 3.82. The molecule has 0 fully saturated rings. The highest BCUT2D eigenvalue weighted by atomic mass is 79.9. The van der Waals surface area contributed by atoms with E-state index in [9.17, 15) is 0 Å². The molecule has 62 valence electrons. The highest BCUT2D eigenvalue weighted by Crippen LogP contribution is 2.29. The van der Waals surface area contributed by atoms with Crippen LogP contribution in [0.2, 0.25) is 0 Å². The molecule has 0 saturated heterocycles. The predicted octanol–water partition coefficient (Wildman–Crippen LogP) is 2.99. The number of hydrogen-bond acceptors (Lipinski definition) is 1. The van der Waals surface area contributed by atoms with Crippen molar-refractivity contribution in [3.8, 4) is 0 Å². The van der Waals surface area contributed by atoms with Crippen molar-refractivity contribution in [2.24, 2.45) is 0 Å². The van der Waals surface area contributed by atoms with Gasteiger partial charge in [0, 0.05) is 4.47 Å². The molecular formula is C10H9BrO. The minimum Gasteiger partial charge on any atom is -0.372 e. The third-order valence-corrected chi connectivity index (χ3v) is 2.77. The van der Waals surface area contributed by atoms with E-state index in [1.54, 1.807) is 0 Å². The summed E-state index contributed by atoms with van der Waals surface area (Å²) in [5.41, 5.74) is 3.52. The van der Waals surface area contributed by atoms with Gasteiger partial charge in [-0.3, -0.25) is 0 Å². The minimum absolute atomic E-state index is 0.656. The molecule has 0 N–H and O–H groups in total. The van der Waals surface area contributed by atoms with Crippen LogP contribution in [0, 0.1) is 0 Å². The molecule has 0 unspecified atom stereocenters. The van der Waals surface area contributed by atoms with Gasteiger partial charge in [-0.05, 0) is 22.8 Å².